The molecule has 0 saturated heterocycles. The third-order valence-corrected chi connectivity index (χ3v) is 6.26. The lowest BCUT2D eigenvalue weighted by atomic mass is 10.1. The fourth-order valence-corrected chi connectivity index (χ4v) is 3.74. The molecule has 2 aromatic carbocycles. The number of aromatic carboxylic acids is 1. The molecule has 2 aromatic rings. The van der Waals surface area contributed by atoms with E-state index in [-0.39, 0.29) is 22.1 Å². The number of carbonyl (C=O) groups excluding carboxylic acids is 1. The molecule has 0 radical (unpaired) electrons. The van der Waals surface area contributed by atoms with Crippen LogP contribution in [0.2, 0.25) is 0 Å². The number of hydrogen-bond donors (Lipinski definition) is 2. The first-order valence-corrected chi connectivity index (χ1v) is 9.71. The van der Waals surface area contributed by atoms with Gasteiger partial charge in [0.05, 0.1) is 10.5 Å². The minimum atomic E-state index is -3.72. The molecule has 0 saturated carbocycles. The third-order valence-electron chi connectivity index (χ3n) is 4.23. The number of rotatable bonds is 6. The van der Waals surface area contributed by atoms with Crippen LogP contribution in [0.1, 0.15) is 40.1 Å². The van der Waals surface area contributed by atoms with Crippen molar-refractivity contribution in [3.63, 3.8) is 0 Å². The van der Waals surface area contributed by atoms with Crippen LogP contribution in [0.4, 0.5) is 5.69 Å². The number of carbonyl (C=O) groups is 2. The maximum atomic E-state index is 12.6. The fraction of sp³-hybridized carbons (Fsp3) is 0.263. The van der Waals surface area contributed by atoms with Gasteiger partial charge in [-0.2, -0.15) is 4.31 Å². The van der Waals surface area contributed by atoms with Crippen LogP contribution in [0.25, 0.3) is 0 Å². The Morgan fingerprint density at radius 3 is 2.33 bits per heavy atom. The molecule has 0 fully saturated rings. The zero-order chi connectivity index (χ0) is 20.4. The molecule has 0 bridgehead atoms. The number of anilines is 1. The lowest BCUT2D eigenvalue weighted by Crippen LogP contribution is -2.33. The van der Waals surface area contributed by atoms with Crippen LogP contribution in [0, 0.1) is 6.92 Å². The summed E-state index contributed by atoms with van der Waals surface area (Å²) in [4.78, 5) is 23.7. The van der Waals surface area contributed by atoms with E-state index in [1.165, 1.54) is 47.8 Å². The van der Waals surface area contributed by atoms with Gasteiger partial charge in [-0.1, -0.05) is 12.1 Å². The highest BCUT2D eigenvalue weighted by Crippen LogP contribution is 2.21. The van der Waals surface area contributed by atoms with E-state index in [0.29, 0.717) is 11.3 Å². The number of sulfonamides is 1. The molecule has 0 aliphatic carbocycles. The quantitative estimate of drug-likeness (QED) is 0.789. The molecule has 7 nitrogen and oxygen atoms in total. The van der Waals surface area contributed by atoms with Gasteiger partial charge in [0.15, 0.2) is 0 Å². The Kier molecular flexibility index (Phi) is 6.02. The van der Waals surface area contributed by atoms with Crippen molar-refractivity contribution in [3.05, 3.63) is 59.2 Å². The normalized spacial score (nSPS) is 11.6. The number of nitrogens with one attached hydrogen (secondary N) is 1. The van der Waals surface area contributed by atoms with Crippen LogP contribution < -0.4 is 5.32 Å². The molecule has 27 heavy (non-hydrogen) atoms. The van der Waals surface area contributed by atoms with Gasteiger partial charge in [0, 0.05) is 24.3 Å². The van der Waals surface area contributed by atoms with Crippen LogP contribution in [0.3, 0.4) is 0 Å². The largest absolute Gasteiger partial charge is 0.478 e. The smallest absolute Gasteiger partial charge is 0.335 e. The molecule has 2 rings (SSSR count). The van der Waals surface area contributed by atoms with Gasteiger partial charge in [0.2, 0.25) is 10.0 Å². The lowest BCUT2D eigenvalue weighted by molar-refractivity contribution is 0.0696. The molecule has 0 spiro atoms. The first-order chi connectivity index (χ1) is 12.5. The predicted molar refractivity (Wildman–Crippen MR) is 103 cm³/mol. The van der Waals surface area contributed by atoms with E-state index >= 15 is 0 Å². The molecule has 144 valence electrons. The number of hydrogen-bond acceptors (Lipinski definition) is 4. The first kappa shape index (κ1) is 20.6. The summed E-state index contributed by atoms with van der Waals surface area (Å²) in [5.41, 5.74) is 1.25. The van der Waals surface area contributed by atoms with Crippen LogP contribution in [0.15, 0.2) is 47.4 Å². The van der Waals surface area contributed by atoms with Crippen molar-refractivity contribution >= 4 is 27.6 Å². The molecule has 2 N–H and O–H groups in total. The Bertz CT molecular complexity index is 983. The number of benzene rings is 2. The third kappa shape index (κ3) is 4.53. The Balaban J connectivity index is 2.34. The average Bonchev–Trinajstić information content (AvgIpc) is 2.62. The Hall–Kier alpha value is -2.71. The van der Waals surface area contributed by atoms with Crippen molar-refractivity contribution in [2.24, 2.45) is 0 Å². The van der Waals surface area contributed by atoms with Crippen molar-refractivity contribution in [2.45, 2.75) is 31.7 Å². The summed E-state index contributed by atoms with van der Waals surface area (Å²) in [6, 6.07) is 9.91. The first-order valence-electron chi connectivity index (χ1n) is 8.27. The minimum Gasteiger partial charge on any atom is -0.478 e. The number of carboxylic acid groups (broad SMARTS) is 1. The monoisotopic (exact) mass is 390 g/mol. The number of amides is 1. The maximum absolute atomic E-state index is 12.6. The average molecular weight is 390 g/mol. The van der Waals surface area contributed by atoms with Gasteiger partial charge >= 0.3 is 5.97 Å². The summed E-state index contributed by atoms with van der Waals surface area (Å²) in [6.07, 6.45) is 0. The van der Waals surface area contributed by atoms with Crippen molar-refractivity contribution in [2.75, 3.05) is 12.4 Å². The molecular formula is C19H22N2O5S. The van der Waals surface area contributed by atoms with Crippen LogP contribution in [-0.4, -0.2) is 42.8 Å². The highest BCUT2D eigenvalue weighted by Gasteiger charge is 2.24. The number of carboxylic acids is 1. The van der Waals surface area contributed by atoms with E-state index in [2.05, 4.69) is 5.32 Å². The molecule has 0 unspecified atom stereocenters. The second-order valence-electron chi connectivity index (χ2n) is 6.43. The standard InChI is InChI=1S/C19H22N2O5S/c1-12(2)21(4)27(25,26)16-7-5-6-14(10-16)18(22)20-17-11-15(19(23)24)9-8-13(17)3/h5-12H,1-4H3,(H,20,22)(H,23,24). The Morgan fingerprint density at radius 2 is 1.74 bits per heavy atom. The zero-order valence-electron chi connectivity index (χ0n) is 15.6. The summed E-state index contributed by atoms with van der Waals surface area (Å²) in [5, 5.41) is 11.7. The summed E-state index contributed by atoms with van der Waals surface area (Å²) in [7, 11) is -2.24. The highest BCUT2D eigenvalue weighted by atomic mass is 32.2. The van der Waals surface area contributed by atoms with Gasteiger partial charge in [-0.15, -0.1) is 0 Å². The molecule has 0 atom stereocenters. The molecule has 8 heteroatoms. The second kappa shape index (κ2) is 7.89. The zero-order valence-corrected chi connectivity index (χ0v) is 16.4. The SMILES string of the molecule is Cc1ccc(C(=O)O)cc1NC(=O)c1cccc(S(=O)(=O)N(C)C(C)C)c1. The minimum absolute atomic E-state index is 0.0161. The second-order valence-corrected chi connectivity index (χ2v) is 8.43. The molecule has 1 amide bonds. The van der Waals surface area contributed by atoms with Gasteiger partial charge in [0.1, 0.15) is 0 Å². The molecule has 0 aliphatic heterocycles. The van der Waals surface area contributed by atoms with E-state index in [1.54, 1.807) is 26.8 Å². The van der Waals surface area contributed by atoms with E-state index in [4.69, 9.17) is 5.11 Å². The van der Waals surface area contributed by atoms with Crippen molar-refractivity contribution in [3.8, 4) is 0 Å². The summed E-state index contributed by atoms with van der Waals surface area (Å²) in [5.74, 6) is -1.62. The topological polar surface area (TPSA) is 104 Å². The molecule has 0 aliphatic rings. The lowest BCUT2D eigenvalue weighted by Gasteiger charge is -2.21. The Labute approximate surface area is 158 Å². The highest BCUT2D eigenvalue weighted by molar-refractivity contribution is 7.89. The predicted octanol–water partition coefficient (Wildman–Crippen LogP) is 2.97. The Morgan fingerprint density at radius 1 is 1.07 bits per heavy atom. The number of nitrogens with zero attached hydrogens (tertiary/aromatic N) is 1. The van der Waals surface area contributed by atoms with Gasteiger partial charge in [-0.25, -0.2) is 13.2 Å². The van der Waals surface area contributed by atoms with Gasteiger partial charge < -0.3 is 10.4 Å². The molecule has 0 heterocycles. The van der Waals surface area contributed by atoms with Crippen molar-refractivity contribution in [1.82, 2.24) is 4.31 Å². The summed E-state index contributed by atoms with van der Waals surface area (Å²) >= 11 is 0. The fourth-order valence-electron chi connectivity index (χ4n) is 2.33. The van der Waals surface area contributed by atoms with Gasteiger partial charge in [-0.05, 0) is 56.7 Å². The molecule has 0 aromatic heterocycles. The van der Waals surface area contributed by atoms with Crippen molar-refractivity contribution in [1.29, 1.82) is 0 Å². The van der Waals surface area contributed by atoms with E-state index in [1.807, 2.05) is 0 Å². The maximum Gasteiger partial charge on any atom is 0.335 e. The van der Waals surface area contributed by atoms with E-state index in [9.17, 15) is 18.0 Å². The van der Waals surface area contributed by atoms with Gasteiger partial charge in [-0.3, -0.25) is 4.79 Å². The van der Waals surface area contributed by atoms with E-state index in [0.717, 1.165) is 0 Å². The summed E-state index contributed by atoms with van der Waals surface area (Å²) < 4.78 is 26.4. The van der Waals surface area contributed by atoms with Crippen molar-refractivity contribution < 1.29 is 23.1 Å². The van der Waals surface area contributed by atoms with Crippen LogP contribution in [0.5, 0.6) is 0 Å². The number of aryl methyl sites for hydroxylation is 1. The summed E-state index contributed by atoms with van der Waals surface area (Å²) in [6.45, 7) is 5.25. The van der Waals surface area contributed by atoms with E-state index < -0.39 is 21.9 Å². The van der Waals surface area contributed by atoms with Crippen LogP contribution >= 0.6 is 0 Å². The molecular weight excluding hydrogens is 368 g/mol. The van der Waals surface area contributed by atoms with Crippen LogP contribution in [-0.2, 0) is 10.0 Å². The van der Waals surface area contributed by atoms with Gasteiger partial charge in [0.25, 0.3) is 5.91 Å².